The van der Waals surface area contributed by atoms with Crippen molar-refractivity contribution in [3.63, 3.8) is 0 Å². The third-order valence-electron chi connectivity index (χ3n) is 4.65. The molecule has 144 valence electrons. The molecule has 2 aromatic heterocycles. The van der Waals surface area contributed by atoms with Crippen molar-refractivity contribution < 1.29 is 9.26 Å². The van der Waals surface area contributed by atoms with E-state index in [2.05, 4.69) is 45.7 Å². The van der Waals surface area contributed by atoms with Gasteiger partial charge in [-0.3, -0.25) is 4.68 Å². The van der Waals surface area contributed by atoms with Gasteiger partial charge in [0.05, 0.1) is 24.9 Å². The monoisotopic (exact) mass is 389 g/mol. The van der Waals surface area contributed by atoms with Gasteiger partial charge in [0.25, 0.3) is 0 Å². The summed E-state index contributed by atoms with van der Waals surface area (Å²) in [6.45, 7) is 8.28. The van der Waals surface area contributed by atoms with Crippen LogP contribution in [0.25, 0.3) is 11.4 Å². The van der Waals surface area contributed by atoms with Crippen molar-refractivity contribution in [2.45, 2.75) is 39.5 Å². The number of halogens is 1. The van der Waals surface area contributed by atoms with Crippen LogP contribution in [0.15, 0.2) is 34.9 Å². The summed E-state index contributed by atoms with van der Waals surface area (Å²) in [5, 5.41) is 12.1. The zero-order valence-corrected chi connectivity index (χ0v) is 16.5. The van der Waals surface area contributed by atoms with E-state index in [1.807, 2.05) is 30.7 Å². The molecule has 3 heterocycles. The number of rotatable bonds is 4. The Labute approximate surface area is 164 Å². The van der Waals surface area contributed by atoms with Crippen molar-refractivity contribution in [2.75, 3.05) is 13.2 Å². The molecule has 27 heavy (non-hydrogen) atoms. The second-order valence-corrected chi connectivity index (χ2v) is 6.75. The largest absolute Gasteiger partial charge is 0.375 e. The van der Waals surface area contributed by atoms with Gasteiger partial charge in [0.15, 0.2) is 0 Å². The average molecular weight is 390 g/mol. The van der Waals surface area contributed by atoms with E-state index in [-0.39, 0.29) is 24.6 Å². The quantitative estimate of drug-likeness (QED) is 0.738. The molecule has 1 N–H and O–H groups in total. The zero-order valence-electron chi connectivity index (χ0n) is 15.7. The topological polar surface area (TPSA) is 78.0 Å². The van der Waals surface area contributed by atoms with E-state index in [0.29, 0.717) is 24.9 Å². The fraction of sp³-hybridized carbons (Fsp3) is 0.421. The van der Waals surface area contributed by atoms with Crippen molar-refractivity contribution in [3.8, 4) is 11.4 Å². The highest BCUT2D eigenvalue weighted by atomic mass is 35.5. The van der Waals surface area contributed by atoms with Crippen molar-refractivity contribution in [2.24, 2.45) is 0 Å². The first-order chi connectivity index (χ1) is 12.6. The predicted octanol–water partition coefficient (Wildman–Crippen LogP) is 3.07. The number of aromatic nitrogens is 4. The van der Waals surface area contributed by atoms with E-state index in [1.54, 1.807) is 0 Å². The summed E-state index contributed by atoms with van der Waals surface area (Å²) in [6, 6.07) is 10.2. The van der Waals surface area contributed by atoms with Gasteiger partial charge in [-0.1, -0.05) is 23.4 Å². The van der Waals surface area contributed by atoms with Gasteiger partial charge in [0.1, 0.15) is 6.04 Å². The molecule has 0 unspecified atom stereocenters. The fourth-order valence-corrected chi connectivity index (χ4v) is 3.31. The van der Waals surface area contributed by atoms with Gasteiger partial charge in [-0.15, -0.1) is 12.4 Å². The lowest BCUT2D eigenvalue weighted by atomic mass is 10.1. The standard InChI is InChI=1S/C19H23N5O2.ClH/c1-12-9-13(2)24(22-12)11-15-5-4-6-16(10-15)18-21-19(26-23-18)17-14(3)25-8-7-20-17;/h4-6,9-10,14,17,20H,7-8,11H2,1-3H3;1H/t14-,17+;/m1./s1. The molecule has 7 nitrogen and oxygen atoms in total. The number of nitrogens with zero attached hydrogens (tertiary/aromatic N) is 4. The van der Waals surface area contributed by atoms with Crippen LogP contribution in [0, 0.1) is 13.8 Å². The van der Waals surface area contributed by atoms with Gasteiger partial charge in [0.2, 0.25) is 11.7 Å². The van der Waals surface area contributed by atoms with Crippen LogP contribution in [0.3, 0.4) is 0 Å². The van der Waals surface area contributed by atoms with Gasteiger partial charge in [-0.2, -0.15) is 10.1 Å². The highest BCUT2D eigenvalue weighted by Crippen LogP contribution is 2.24. The van der Waals surface area contributed by atoms with Crippen molar-refractivity contribution in [3.05, 3.63) is 53.2 Å². The van der Waals surface area contributed by atoms with Crippen LogP contribution in [0.2, 0.25) is 0 Å². The van der Waals surface area contributed by atoms with E-state index in [9.17, 15) is 0 Å². The molecule has 0 bridgehead atoms. The number of aryl methyl sites for hydroxylation is 2. The van der Waals surface area contributed by atoms with Crippen LogP contribution >= 0.6 is 12.4 Å². The Morgan fingerprint density at radius 3 is 2.85 bits per heavy atom. The van der Waals surface area contributed by atoms with E-state index >= 15 is 0 Å². The Bertz CT molecular complexity index is 907. The Morgan fingerprint density at radius 2 is 2.11 bits per heavy atom. The average Bonchev–Trinajstić information content (AvgIpc) is 3.23. The van der Waals surface area contributed by atoms with Crippen LogP contribution in [0.5, 0.6) is 0 Å². The predicted molar refractivity (Wildman–Crippen MR) is 104 cm³/mol. The SMILES string of the molecule is Cc1cc(C)n(Cc2cccc(-c3noc([C@H]4NCCO[C@@H]4C)n3)c2)n1.Cl. The summed E-state index contributed by atoms with van der Waals surface area (Å²) in [5.41, 5.74) is 4.25. The molecule has 0 spiro atoms. The number of ether oxygens (including phenoxy) is 1. The lowest BCUT2D eigenvalue weighted by molar-refractivity contribution is -0.00136. The maximum absolute atomic E-state index is 5.66. The minimum atomic E-state index is -0.0668. The van der Waals surface area contributed by atoms with Crippen molar-refractivity contribution >= 4 is 12.4 Å². The lowest BCUT2D eigenvalue weighted by Crippen LogP contribution is -2.40. The summed E-state index contributed by atoms with van der Waals surface area (Å²) in [5.74, 6) is 1.16. The van der Waals surface area contributed by atoms with E-state index in [4.69, 9.17) is 9.26 Å². The first kappa shape index (κ1) is 19.5. The summed E-state index contributed by atoms with van der Waals surface area (Å²) in [7, 11) is 0. The van der Waals surface area contributed by atoms with Crippen molar-refractivity contribution in [1.29, 1.82) is 0 Å². The molecule has 0 amide bonds. The molecule has 1 fully saturated rings. The molecule has 8 heteroatoms. The molecule has 4 rings (SSSR count). The molecule has 0 aliphatic carbocycles. The summed E-state index contributed by atoms with van der Waals surface area (Å²) in [6.07, 6.45) is 0.00872. The fourth-order valence-electron chi connectivity index (χ4n) is 3.31. The van der Waals surface area contributed by atoms with Gasteiger partial charge < -0.3 is 14.6 Å². The Hall–Kier alpha value is -2.22. The van der Waals surface area contributed by atoms with Crippen LogP contribution in [0.4, 0.5) is 0 Å². The highest BCUT2D eigenvalue weighted by molar-refractivity contribution is 5.85. The maximum Gasteiger partial charge on any atom is 0.246 e. The third kappa shape index (κ3) is 4.21. The molecular formula is C19H24ClN5O2. The summed E-state index contributed by atoms with van der Waals surface area (Å²) < 4.78 is 13.1. The van der Waals surface area contributed by atoms with Gasteiger partial charge in [-0.05, 0) is 38.5 Å². The number of hydrogen-bond donors (Lipinski definition) is 1. The van der Waals surface area contributed by atoms with E-state index in [1.165, 1.54) is 0 Å². The smallest absolute Gasteiger partial charge is 0.246 e. The molecule has 2 atom stereocenters. The third-order valence-corrected chi connectivity index (χ3v) is 4.65. The number of hydrogen-bond acceptors (Lipinski definition) is 6. The Balaban J connectivity index is 0.00000210. The molecule has 1 aromatic carbocycles. The van der Waals surface area contributed by atoms with E-state index < -0.39 is 0 Å². The molecule has 1 aliphatic rings. The van der Waals surface area contributed by atoms with Gasteiger partial charge in [0, 0.05) is 17.8 Å². The second-order valence-electron chi connectivity index (χ2n) is 6.75. The van der Waals surface area contributed by atoms with Crippen molar-refractivity contribution in [1.82, 2.24) is 25.2 Å². The maximum atomic E-state index is 5.66. The normalized spacial score (nSPS) is 19.7. The minimum Gasteiger partial charge on any atom is -0.375 e. The molecule has 3 aromatic rings. The van der Waals surface area contributed by atoms with Crippen LogP contribution in [-0.4, -0.2) is 39.2 Å². The molecule has 1 saturated heterocycles. The van der Waals surface area contributed by atoms with Gasteiger partial charge in [-0.25, -0.2) is 0 Å². The molecular weight excluding hydrogens is 366 g/mol. The summed E-state index contributed by atoms with van der Waals surface area (Å²) >= 11 is 0. The summed E-state index contributed by atoms with van der Waals surface area (Å²) in [4.78, 5) is 4.58. The number of nitrogens with one attached hydrogen (secondary N) is 1. The number of benzene rings is 1. The number of morpholine rings is 1. The first-order valence-corrected chi connectivity index (χ1v) is 8.89. The van der Waals surface area contributed by atoms with E-state index in [0.717, 1.165) is 29.1 Å². The van der Waals surface area contributed by atoms with Crippen LogP contribution in [-0.2, 0) is 11.3 Å². The molecule has 1 aliphatic heterocycles. The highest BCUT2D eigenvalue weighted by Gasteiger charge is 2.28. The molecule has 0 radical (unpaired) electrons. The molecule has 0 saturated carbocycles. The first-order valence-electron chi connectivity index (χ1n) is 8.89. The second kappa shape index (κ2) is 8.21. The Kier molecular flexibility index (Phi) is 5.94. The van der Waals surface area contributed by atoms with Crippen LogP contribution in [0.1, 0.15) is 35.8 Å². The van der Waals surface area contributed by atoms with Crippen LogP contribution < -0.4 is 5.32 Å². The Morgan fingerprint density at radius 1 is 1.26 bits per heavy atom. The lowest BCUT2D eigenvalue weighted by Gasteiger charge is -2.27. The van der Waals surface area contributed by atoms with Gasteiger partial charge >= 0.3 is 0 Å². The minimum absolute atomic E-state index is 0. The zero-order chi connectivity index (χ0) is 18.1.